The van der Waals surface area contributed by atoms with E-state index in [1.807, 2.05) is 19.9 Å². The number of carbonyl (C=O) groups is 1. The fourth-order valence-corrected chi connectivity index (χ4v) is 3.29. The van der Waals surface area contributed by atoms with Crippen LogP contribution in [0, 0.1) is 25.6 Å². The third-order valence-electron chi connectivity index (χ3n) is 3.74. The summed E-state index contributed by atoms with van der Waals surface area (Å²) in [4.78, 5) is 19.0. The number of carbonyl (C=O) groups excluding carboxylic acids is 1. The molecule has 1 fully saturated rings. The molecule has 1 aromatic heterocycles. The Kier molecular flexibility index (Phi) is 3.53. The van der Waals surface area contributed by atoms with Crippen LogP contribution in [0.1, 0.15) is 22.7 Å². The minimum absolute atomic E-state index is 0.00216. The van der Waals surface area contributed by atoms with Gasteiger partial charge >= 0.3 is 0 Å². The summed E-state index contributed by atoms with van der Waals surface area (Å²) < 4.78 is 14.4. The topological polar surface area (TPSA) is 33.2 Å². The van der Waals surface area contributed by atoms with Gasteiger partial charge in [-0.2, -0.15) is 0 Å². The number of benzene rings is 1. The molecule has 1 amide bonds. The van der Waals surface area contributed by atoms with Gasteiger partial charge in [-0.3, -0.25) is 4.79 Å². The molecule has 3 nitrogen and oxygen atoms in total. The van der Waals surface area contributed by atoms with Crippen molar-refractivity contribution in [1.29, 1.82) is 0 Å². The van der Waals surface area contributed by atoms with Crippen LogP contribution in [0.3, 0.4) is 0 Å². The van der Waals surface area contributed by atoms with Crippen LogP contribution in [0.2, 0.25) is 0 Å². The average Bonchev–Trinajstić information content (AvgIpc) is 3.22. The van der Waals surface area contributed by atoms with Gasteiger partial charge in [0.25, 0.3) is 0 Å². The van der Waals surface area contributed by atoms with E-state index in [1.54, 1.807) is 24.5 Å². The standard InChI is InChI=1S/C16H17FN2OS/c1-9-15(18-10(2)21-9)12-6-7-14(13(17)8-12)19(3)16(20)11-4-5-11/h6-8,11H,4-5H2,1-3H3. The highest BCUT2D eigenvalue weighted by Gasteiger charge is 2.33. The number of halogens is 1. The van der Waals surface area contributed by atoms with Crippen molar-refractivity contribution in [3.8, 4) is 11.3 Å². The number of nitrogens with zero attached hydrogens (tertiary/aromatic N) is 2. The zero-order chi connectivity index (χ0) is 15.1. The summed E-state index contributed by atoms with van der Waals surface area (Å²) in [6.07, 6.45) is 1.83. The molecule has 0 bridgehead atoms. The van der Waals surface area contributed by atoms with Crippen LogP contribution in [0.4, 0.5) is 10.1 Å². The summed E-state index contributed by atoms with van der Waals surface area (Å²) in [6.45, 7) is 3.92. The van der Waals surface area contributed by atoms with Gasteiger partial charge in [-0.05, 0) is 38.8 Å². The first-order valence-electron chi connectivity index (χ1n) is 6.99. The lowest BCUT2D eigenvalue weighted by Crippen LogP contribution is -2.28. The molecule has 0 spiro atoms. The smallest absolute Gasteiger partial charge is 0.229 e. The maximum absolute atomic E-state index is 14.4. The first kappa shape index (κ1) is 14.2. The lowest BCUT2D eigenvalue weighted by atomic mass is 10.1. The Morgan fingerprint density at radius 2 is 2.10 bits per heavy atom. The van der Waals surface area contributed by atoms with Crippen molar-refractivity contribution in [3.63, 3.8) is 0 Å². The van der Waals surface area contributed by atoms with Crippen LogP contribution in [0.15, 0.2) is 18.2 Å². The minimum Gasteiger partial charge on any atom is -0.313 e. The van der Waals surface area contributed by atoms with Crippen LogP contribution in [0.25, 0.3) is 11.3 Å². The number of hydrogen-bond donors (Lipinski definition) is 0. The predicted molar refractivity (Wildman–Crippen MR) is 83.1 cm³/mol. The number of aromatic nitrogens is 1. The fraction of sp³-hybridized carbons (Fsp3) is 0.375. The number of anilines is 1. The second-order valence-electron chi connectivity index (χ2n) is 5.48. The zero-order valence-electron chi connectivity index (χ0n) is 12.3. The molecule has 0 saturated heterocycles. The van der Waals surface area contributed by atoms with Gasteiger partial charge in [-0.25, -0.2) is 9.37 Å². The number of hydrogen-bond acceptors (Lipinski definition) is 3. The Morgan fingerprint density at radius 3 is 2.62 bits per heavy atom. The molecule has 0 atom stereocenters. The van der Waals surface area contributed by atoms with Crippen molar-refractivity contribution in [2.75, 3.05) is 11.9 Å². The Bertz CT molecular complexity index is 706. The van der Waals surface area contributed by atoms with E-state index in [1.165, 1.54) is 11.0 Å². The normalized spacial score (nSPS) is 14.3. The van der Waals surface area contributed by atoms with Gasteiger partial charge in [-0.15, -0.1) is 11.3 Å². The summed E-state index contributed by atoms with van der Waals surface area (Å²) >= 11 is 1.60. The van der Waals surface area contributed by atoms with Crippen LogP contribution in [0.5, 0.6) is 0 Å². The summed E-state index contributed by atoms with van der Waals surface area (Å²) in [5, 5.41) is 0.966. The van der Waals surface area contributed by atoms with Crippen LogP contribution in [-0.4, -0.2) is 17.9 Å². The Hall–Kier alpha value is -1.75. The number of rotatable bonds is 3. The highest BCUT2D eigenvalue weighted by atomic mass is 32.1. The van der Waals surface area contributed by atoms with Crippen molar-refractivity contribution in [2.24, 2.45) is 5.92 Å². The van der Waals surface area contributed by atoms with E-state index in [0.717, 1.165) is 34.0 Å². The fourth-order valence-electron chi connectivity index (χ4n) is 2.45. The molecule has 1 saturated carbocycles. The molecule has 1 aliphatic rings. The summed E-state index contributed by atoms with van der Waals surface area (Å²) in [6, 6.07) is 4.96. The SMILES string of the molecule is Cc1nc(-c2ccc(N(C)C(=O)C3CC3)c(F)c2)c(C)s1. The molecular formula is C16H17FN2OS. The number of aryl methyl sites for hydroxylation is 2. The highest BCUT2D eigenvalue weighted by Crippen LogP contribution is 2.34. The number of amides is 1. The van der Waals surface area contributed by atoms with Crippen LogP contribution >= 0.6 is 11.3 Å². The van der Waals surface area contributed by atoms with Gasteiger partial charge in [0.05, 0.1) is 16.4 Å². The Balaban J connectivity index is 1.92. The van der Waals surface area contributed by atoms with Crippen molar-refractivity contribution >= 4 is 22.9 Å². The molecule has 1 aromatic carbocycles. The zero-order valence-corrected chi connectivity index (χ0v) is 13.1. The maximum Gasteiger partial charge on any atom is 0.229 e. The quantitative estimate of drug-likeness (QED) is 0.860. The molecule has 21 heavy (non-hydrogen) atoms. The van der Waals surface area contributed by atoms with E-state index in [4.69, 9.17) is 0 Å². The minimum atomic E-state index is -0.381. The van der Waals surface area contributed by atoms with Crippen molar-refractivity contribution in [2.45, 2.75) is 26.7 Å². The average molecular weight is 304 g/mol. The molecule has 0 radical (unpaired) electrons. The van der Waals surface area contributed by atoms with Gasteiger partial charge in [0.2, 0.25) is 5.91 Å². The first-order chi connectivity index (χ1) is 9.97. The van der Waals surface area contributed by atoms with Gasteiger partial charge < -0.3 is 4.90 Å². The predicted octanol–water partition coefficient (Wildman–Crippen LogP) is 3.94. The summed E-state index contributed by atoms with van der Waals surface area (Å²) in [7, 11) is 1.64. The monoisotopic (exact) mass is 304 g/mol. The molecular weight excluding hydrogens is 287 g/mol. The molecule has 5 heteroatoms. The highest BCUT2D eigenvalue weighted by molar-refractivity contribution is 7.11. The Morgan fingerprint density at radius 1 is 1.38 bits per heavy atom. The first-order valence-corrected chi connectivity index (χ1v) is 7.80. The van der Waals surface area contributed by atoms with Crippen molar-refractivity contribution < 1.29 is 9.18 Å². The molecule has 0 unspecified atom stereocenters. The second kappa shape index (κ2) is 5.22. The molecule has 2 aromatic rings. The summed E-state index contributed by atoms with van der Waals surface area (Å²) in [5.74, 6) is -0.297. The van der Waals surface area contributed by atoms with Gasteiger partial charge in [0.1, 0.15) is 5.82 Å². The maximum atomic E-state index is 14.4. The van der Waals surface area contributed by atoms with Gasteiger partial charge in [-0.1, -0.05) is 6.07 Å². The molecule has 3 rings (SSSR count). The van der Waals surface area contributed by atoms with Gasteiger partial charge in [0.15, 0.2) is 0 Å². The lowest BCUT2D eigenvalue weighted by molar-refractivity contribution is -0.119. The molecule has 1 aliphatic carbocycles. The molecule has 0 aliphatic heterocycles. The summed E-state index contributed by atoms with van der Waals surface area (Å²) in [5.41, 5.74) is 1.91. The van der Waals surface area contributed by atoms with E-state index < -0.39 is 0 Å². The lowest BCUT2D eigenvalue weighted by Gasteiger charge is -2.18. The van der Waals surface area contributed by atoms with Crippen molar-refractivity contribution in [1.82, 2.24) is 4.98 Å². The van der Waals surface area contributed by atoms with E-state index in [0.29, 0.717) is 5.69 Å². The van der Waals surface area contributed by atoms with Crippen molar-refractivity contribution in [3.05, 3.63) is 33.9 Å². The van der Waals surface area contributed by atoms with E-state index in [2.05, 4.69) is 4.98 Å². The third kappa shape index (κ3) is 2.70. The third-order valence-corrected chi connectivity index (χ3v) is 4.63. The van der Waals surface area contributed by atoms with E-state index >= 15 is 0 Å². The molecule has 1 heterocycles. The molecule has 0 N–H and O–H groups in total. The van der Waals surface area contributed by atoms with E-state index in [9.17, 15) is 9.18 Å². The van der Waals surface area contributed by atoms with E-state index in [-0.39, 0.29) is 17.6 Å². The van der Waals surface area contributed by atoms with Crippen LogP contribution in [-0.2, 0) is 4.79 Å². The van der Waals surface area contributed by atoms with Crippen LogP contribution < -0.4 is 4.90 Å². The molecule has 110 valence electrons. The Labute approximate surface area is 127 Å². The van der Waals surface area contributed by atoms with Gasteiger partial charge in [0, 0.05) is 23.4 Å². The number of thiazole rings is 1. The second-order valence-corrected chi connectivity index (χ2v) is 6.88. The largest absolute Gasteiger partial charge is 0.313 e.